The molecule has 0 spiro atoms. The lowest BCUT2D eigenvalue weighted by molar-refractivity contribution is -0.384. The molecule has 0 aliphatic carbocycles. The molecule has 0 unspecified atom stereocenters. The Balaban J connectivity index is 2.00. The number of hydrogen-bond acceptors (Lipinski definition) is 2. The number of nitrogens with zero attached hydrogens (tertiary/aromatic N) is 2. The zero-order valence-corrected chi connectivity index (χ0v) is 10.5. The Morgan fingerprint density at radius 1 is 1.10 bits per heavy atom. The van der Waals surface area contributed by atoms with Crippen molar-refractivity contribution in [2.24, 2.45) is 0 Å². The van der Waals surface area contributed by atoms with E-state index in [1.54, 1.807) is 24.3 Å². The summed E-state index contributed by atoms with van der Waals surface area (Å²) in [5, 5.41) is 11.8. The van der Waals surface area contributed by atoms with Crippen LogP contribution in [0.15, 0.2) is 54.7 Å². The van der Waals surface area contributed by atoms with Gasteiger partial charge in [0.15, 0.2) is 0 Å². The number of non-ortho nitro benzene ring substituents is 1. The molecular weight excluding hydrogens is 259 g/mol. The summed E-state index contributed by atoms with van der Waals surface area (Å²) in [6.07, 6.45) is 1.87. The van der Waals surface area contributed by atoms with E-state index in [4.69, 9.17) is 0 Å². The number of rotatable bonds is 3. The Labute approximate surface area is 114 Å². The number of fused-ring (bicyclic) bond motifs is 1. The molecule has 0 fully saturated rings. The van der Waals surface area contributed by atoms with E-state index in [9.17, 15) is 14.5 Å². The summed E-state index contributed by atoms with van der Waals surface area (Å²) in [5.41, 5.74) is 1.80. The minimum Gasteiger partial charge on any atom is -0.343 e. The number of halogens is 1. The van der Waals surface area contributed by atoms with Crippen molar-refractivity contribution >= 4 is 16.6 Å². The average molecular weight is 270 g/mol. The fraction of sp³-hybridized carbons (Fsp3) is 0.0667. The first-order chi connectivity index (χ1) is 9.63. The summed E-state index contributed by atoms with van der Waals surface area (Å²) in [6, 6.07) is 12.9. The minimum absolute atomic E-state index is 0.0663. The second kappa shape index (κ2) is 4.77. The number of benzene rings is 2. The zero-order valence-electron chi connectivity index (χ0n) is 10.5. The van der Waals surface area contributed by atoms with E-state index in [1.165, 1.54) is 18.2 Å². The maximum absolute atomic E-state index is 12.9. The maximum Gasteiger partial charge on any atom is 0.271 e. The molecule has 5 heteroatoms. The number of hydrogen-bond donors (Lipinski definition) is 0. The van der Waals surface area contributed by atoms with Crippen molar-refractivity contribution in [2.75, 3.05) is 0 Å². The van der Waals surface area contributed by atoms with Crippen LogP contribution in [0.3, 0.4) is 0 Å². The van der Waals surface area contributed by atoms with Gasteiger partial charge in [-0.2, -0.15) is 0 Å². The van der Waals surface area contributed by atoms with Crippen molar-refractivity contribution in [3.8, 4) is 0 Å². The van der Waals surface area contributed by atoms with Crippen LogP contribution < -0.4 is 0 Å². The molecule has 100 valence electrons. The van der Waals surface area contributed by atoms with Crippen molar-refractivity contribution in [1.29, 1.82) is 0 Å². The van der Waals surface area contributed by atoms with Gasteiger partial charge < -0.3 is 4.57 Å². The Morgan fingerprint density at radius 3 is 2.55 bits per heavy atom. The first-order valence-electron chi connectivity index (χ1n) is 6.11. The highest BCUT2D eigenvalue weighted by Gasteiger charge is 2.09. The molecular formula is C15H11FN2O2. The summed E-state index contributed by atoms with van der Waals surface area (Å²) in [7, 11) is 0. The van der Waals surface area contributed by atoms with E-state index in [-0.39, 0.29) is 11.5 Å². The molecule has 0 aliphatic rings. The molecule has 3 aromatic rings. The van der Waals surface area contributed by atoms with Crippen molar-refractivity contribution in [1.82, 2.24) is 4.57 Å². The molecule has 0 aliphatic heterocycles. The molecule has 0 atom stereocenters. The van der Waals surface area contributed by atoms with E-state index >= 15 is 0 Å². The number of nitro benzene ring substituents is 1. The topological polar surface area (TPSA) is 48.1 Å². The molecule has 0 radical (unpaired) electrons. The van der Waals surface area contributed by atoms with E-state index in [2.05, 4.69) is 0 Å². The van der Waals surface area contributed by atoms with Gasteiger partial charge in [0.05, 0.1) is 10.4 Å². The van der Waals surface area contributed by atoms with E-state index in [1.807, 2.05) is 16.8 Å². The summed E-state index contributed by atoms with van der Waals surface area (Å²) in [6.45, 7) is 0.547. The molecule has 4 nitrogen and oxygen atoms in total. The van der Waals surface area contributed by atoms with Crippen LogP contribution in [0.5, 0.6) is 0 Å². The smallest absolute Gasteiger partial charge is 0.271 e. The molecule has 2 aromatic carbocycles. The van der Waals surface area contributed by atoms with Crippen molar-refractivity contribution < 1.29 is 9.31 Å². The van der Waals surface area contributed by atoms with Crippen LogP contribution >= 0.6 is 0 Å². The Kier molecular flexibility index (Phi) is 2.95. The van der Waals surface area contributed by atoms with Crippen LogP contribution in [0.25, 0.3) is 10.9 Å². The van der Waals surface area contributed by atoms with Gasteiger partial charge in [0.2, 0.25) is 0 Å². The standard InChI is InChI=1S/C15H11FN2O2/c16-13-4-1-11(2-5-13)10-17-8-7-12-3-6-14(18(19)20)9-15(12)17/h1-9H,10H2. The Morgan fingerprint density at radius 2 is 1.85 bits per heavy atom. The quantitative estimate of drug-likeness (QED) is 0.537. The predicted octanol–water partition coefficient (Wildman–Crippen LogP) is 3.74. The van der Waals surface area contributed by atoms with Crippen LogP contribution in [-0.2, 0) is 6.54 Å². The third kappa shape index (κ3) is 2.25. The average Bonchev–Trinajstić information content (AvgIpc) is 2.84. The molecule has 0 N–H and O–H groups in total. The second-order valence-corrected chi connectivity index (χ2v) is 4.57. The summed E-state index contributed by atoms with van der Waals surface area (Å²) >= 11 is 0. The van der Waals surface area contributed by atoms with Crippen molar-refractivity contribution in [2.45, 2.75) is 6.54 Å². The minimum atomic E-state index is -0.408. The first-order valence-corrected chi connectivity index (χ1v) is 6.11. The van der Waals surface area contributed by atoms with Crippen LogP contribution in [0.4, 0.5) is 10.1 Å². The lowest BCUT2D eigenvalue weighted by Gasteiger charge is -2.05. The molecule has 20 heavy (non-hydrogen) atoms. The van der Waals surface area contributed by atoms with Gasteiger partial charge in [-0.15, -0.1) is 0 Å². The number of aromatic nitrogens is 1. The molecule has 0 saturated heterocycles. The van der Waals surface area contributed by atoms with Crippen LogP contribution in [-0.4, -0.2) is 9.49 Å². The third-order valence-electron chi connectivity index (χ3n) is 3.23. The van der Waals surface area contributed by atoms with Gasteiger partial charge in [0.1, 0.15) is 5.82 Å². The highest BCUT2D eigenvalue weighted by atomic mass is 19.1. The van der Waals surface area contributed by atoms with Gasteiger partial charge in [0, 0.05) is 30.3 Å². The second-order valence-electron chi connectivity index (χ2n) is 4.57. The van der Waals surface area contributed by atoms with Gasteiger partial charge in [0.25, 0.3) is 5.69 Å². The highest BCUT2D eigenvalue weighted by Crippen LogP contribution is 2.22. The van der Waals surface area contributed by atoms with Gasteiger partial charge in [-0.05, 0) is 29.8 Å². The van der Waals surface area contributed by atoms with Crippen molar-refractivity contribution in [3.63, 3.8) is 0 Å². The molecule has 1 heterocycles. The molecule has 0 bridgehead atoms. The lowest BCUT2D eigenvalue weighted by Crippen LogP contribution is -1.98. The molecule has 0 saturated carbocycles. The fourth-order valence-electron chi connectivity index (χ4n) is 2.21. The Bertz CT molecular complexity index is 778. The van der Waals surface area contributed by atoms with E-state index in [0.717, 1.165) is 16.5 Å². The number of nitro groups is 1. The van der Waals surface area contributed by atoms with E-state index in [0.29, 0.717) is 6.54 Å². The highest BCUT2D eigenvalue weighted by molar-refractivity contribution is 5.82. The summed E-state index contributed by atoms with van der Waals surface area (Å²) < 4.78 is 14.8. The third-order valence-corrected chi connectivity index (χ3v) is 3.23. The lowest BCUT2D eigenvalue weighted by atomic mass is 10.2. The summed E-state index contributed by atoms with van der Waals surface area (Å²) in [4.78, 5) is 10.4. The van der Waals surface area contributed by atoms with Crippen molar-refractivity contribution in [3.05, 3.63) is 76.2 Å². The zero-order chi connectivity index (χ0) is 14.1. The monoisotopic (exact) mass is 270 g/mol. The van der Waals surface area contributed by atoms with Gasteiger partial charge >= 0.3 is 0 Å². The normalized spacial score (nSPS) is 10.8. The van der Waals surface area contributed by atoms with Crippen LogP contribution in [0.1, 0.15) is 5.56 Å². The maximum atomic E-state index is 12.9. The SMILES string of the molecule is O=[N+]([O-])c1ccc2ccn(Cc3ccc(F)cc3)c2c1. The fourth-order valence-corrected chi connectivity index (χ4v) is 2.21. The molecule has 0 amide bonds. The van der Waals surface area contributed by atoms with Gasteiger partial charge in [-0.3, -0.25) is 10.1 Å². The van der Waals surface area contributed by atoms with Crippen LogP contribution in [0, 0.1) is 15.9 Å². The van der Waals surface area contributed by atoms with E-state index < -0.39 is 4.92 Å². The first kappa shape index (κ1) is 12.3. The molecule has 3 rings (SSSR count). The van der Waals surface area contributed by atoms with Gasteiger partial charge in [-0.25, -0.2) is 4.39 Å². The van der Waals surface area contributed by atoms with Gasteiger partial charge in [-0.1, -0.05) is 12.1 Å². The predicted molar refractivity (Wildman–Crippen MR) is 74.1 cm³/mol. The largest absolute Gasteiger partial charge is 0.343 e. The molecule has 1 aromatic heterocycles. The Hall–Kier alpha value is -2.69. The van der Waals surface area contributed by atoms with Crippen LogP contribution in [0.2, 0.25) is 0 Å². The summed E-state index contributed by atoms with van der Waals surface area (Å²) in [5.74, 6) is -0.276.